The highest BCUT2D eigenvalue weighted by atomic mass is 32.2. The third kappa shape index (κ3) is 5.85. The van der Waals surface area contributed by atoms with E-state index in [-0.39, 0.29) is 29.2 Å². The number of amides is 1. The summed E-state index contributed by atoms with van der Waals surface area (Å²) < 4.78 is 39.2. The minimum absolute atomic E-state index is 0.146. The maximum Gasteiger partial charge on any atom is 0.243 e. The maximum absolute atomic E-state index is 12.9. The highest BCUT2D eigenvalue weighted by Gasteiger charge is 2.22. The molecule has 28 heavy (non-hydrogen) atoms. The van der Waals surface area contributed by atoms with Gasteiger partial charge in [0, 0.05) is 25.3 Å². The van der Waals surface area contributed by atoms with E-state index < -0.39 is 10.0 Å². The lowest BCUT2D eigenvalue weighted by Gasteiger charge is -2.21. The summed E-state index contributed by atoms with van der Waals surface area (Å²) in [6.45, 7) is 4.25. The minimum atomic E-state index is -3.55. The van der Waals surface area contributed by atoms with E-state index in [2.05, 4.69) is 5.32 Å². The van der Waals surface area contributed by atoms with E-state index in [0.29, 0.717) is 12.2 Å². The van der Waals surface area contributed by atoms with Crippen molar-refractivity contribution >= 4 is 21.6 Å². The quantitative estimate of drug-likeness (QED) is 0.731. The number of halogens is 1. The van der Waals surface area contributed by atoms with Crippen LogP contribution in [0.2, 0.25) is 0 Å². The van der Waals surface area contributed by atoms with Gasteiger partial charge in [0.2, 0.25) is 15.9 Å². The van der Waals surface area contributed by atoms with Crippen molar-refractivity contribution in [2.75, 3.05) is 26.0 Å². The van der Waals surface area contributed by atoms with Crippen LogP contribution in [0.15, 0.2) is 53.4 Å². The Kier molecular flexibility index (Phi) is 7.29. The second-order valence-corrected chi connectivity index (χ2v) is 8.98. The van der Waals surface area contributed by atoms with Crippen LogP contribution in [0, 0.1) is 5.82 Å². The second-order valence-electron chi connectivity index (χ2n) is 6.99. The SMILES string of the molecule is CC(C)N(C)S(=O)(=O)c1ccc(NC(=O)CN(C)Cc2ccc(F)cc2)cc1. The molecule has 0 aliphatic rings. The Hall–Kier alpha value is -2.29. The molecular weight excluding hydrogens is 381 g/mol. The zero-order valence-corrected chi connectivity index (χ0v) is 17.3. The molecule has 1 N–H and O–H groups in total. The normalized spacial score (nSPS) is 12.0. The Bertz CT molecular complexity index is 897. The Labute approximate surface area is 166 Å². The number of likely N-dealkylation sites (N-methyl/N-ethyl adjacent to an activating group) is 1. The van der Waals surface area contributed by atoms with Gasteiger partial charge in [-0.1, -0.05) is 12.1 Å². The standard InChI is InChI=1S/C20H26FN3O3S/c1-15(2)24(4)28(26,27)19-11-9-18(10-12-19)22-20(25)14-23(3)13-16-5-7-17(21)8-6-16/h5-12,15H,13-14H2,1-4H3,(H,22,25). The second kappa shape index (κ2) is 9.27. The number of carbonyl (C=O) groups excluding carboxylic acids is 1. The Morgan fingerprint density at radius 3 is 2.14 bits per heavy atom. The van der Waals surface area contributed by atoms with Crippen LogP contribution in [-0.2, 0) is 21.4 Å². The van der Waals surface area contributed by atoms with Crippen LogP contribution in [0.25, 0.3) is 0 Å². The molecule has 1 amide bonds. The number of rotatable bonds is 8. The Morgan fingerprint density at radius 1 is 1.04 bits per heavy atom. The first-order valence-corrected chi connectivity index (χ1v) is 10.3. The first-order chi connectivity index (χ1) is 13.1. The number of carbonyl (C=O) groups is 1. The van der Waals surface area contributed by atoms with E-state index in [0.717, 1.165) is 5.56 Å². The molecule has 8 heteroatoms. The number of benzene rings is 2. The topological polar surface area (TPSA) is 69.7 Å². The highest BCUT2D eigenvalue weighted by Crippen LogP contribution is 2.19. The summed E-state index contributed by atoms with van der Waals surface area (Å²) in [5, 5.41) is 2.75. The van der Waals surface area contributed by atoms with Gasteiger partial charge in [0.1, 0.15) is 5.82 Å². The maximum atomic E-state index is 12.9. The fourth-order valence-corrected chi connectivity index (χ4v) is 3.92. The molecule has 0 saturated heterocycles. The largest absolute Gasteiger partial charge is 0.325 e. The number of anilines is 1. The third-order valence-corrected chi connectivity index (χ3v) is 6.37. The van der Waals surface area contributed by atoms with E-state index in [1.54, 1.807) is 50.1 Å². The molecule has 0 heterocycles. The fraction of sp³-hybridized carbons (Fsp3) is 0.350. The Balaban J connectivity index is 1.94. The van der Waals surface area contributed by atoms with Gasteiger partial charge in [-0.3, -0.25) is 9.69 Å². The molecule has 0 saturated carbocycles. The Morgan fingerprint density at radius 2 is 1.61 bits per heavy atom. The van der Waals surface area contributed by atoms with Gasteiger partial charge in [-0.2, -0.15) is 4.31 Å². The van der Waals surface area contributed by atoms with Crippen LogP contribution in [0.4, 0.5) is 10.1 Å². The first-order valence-electron chi connectivity index (χ1n) is 8.90. The fourth-order valence-electron chi connectivity index (χ4n) is 2.56. The van der Waals surface area contributed by atoms with Crippen LogP contribution >= 0.6 is 0 Å². The van der Waals surface area contributed by atoms with E-state index in [1.807, 2.05) is 0 Å². The van der Waals surface area contributed by atoms with E-state index in [1.165, 1.54) is 35.6 Å². The molecule has 0 aliphatic carbocycles. The molecule has 2 rings (SSSR count). The summed E-state index contributed by atoms with van der Waals surface area (Å²) in [6, 6.07) is 12.1. The molecular formula is C20H26FN3O3S. The molecule has 0 atom stereocenters. The van der Waals surface area contributed by atoms with Crippen LogP contribution in [-0.4, -0.2) is 50.2 Å². The average Bonchev–Trinajstić information content (AvgIpc) is 2.63. The van der Waals surface area contributed by atoms with Crippen LogP contribution in [0.5, 0.6) is 0 Å². The van der Waals surface area contributed by atoms with Crippen LogP contribution in [0.3, 0.4) is 0 Å². The number of nitrogens with one attached hydrogen (secondary N) is 1. The van der Waals surface area contributed by atoms with Gasteiger partial charge in [-0.05, 0) is 62.9 Å². The molecule has 0 unspecified atom stereocenters. The van der Waals surface area contributed by atoms with Gasteiger partial charge in [0.25, 0.3) is 0 Å². The zero-order valence-electron chi connectivity index (χ0n) is 16.5. The average molecular weight is 408 g/mol. The molecule has 0 aliphatic heterocycles. The lowest BCUT2D eigenvalue weighted by Crippen LogP contribution is -2.33. The van der Waals surface area contributed by atoms with Crippen molar-refractivity contribution < 1.29 is 17.6 Å². The lowest BCUT2D eigenvalue weighted by molar-refractivity contribution is -0.117. The summed E-state index contributed by atoms with van der Waals surface area (Å²) in [5.74, 6) is -0.520. The lowest BCUT2D eigenvalue weighted by atomic mass is 10.2. The number of sulfonamides is 1. The summed E-state index contributed by atoms with van der Waals surface area (Å²) in [4.78, 5) is 14.2. The molecule has 0 radical (unpaired) electrons. The van der Waals surface area contributed by atoms with Gasteiger partial charge < -0.3 is 5.32 Å². The highest BCUT2D eigenvalue weighted by molar-refractivity contribution is 7.89. The number of nitrogens with zero attached hydrogens (tertiary/aromatic N) is 2. The van der Waals surface area contributed by atoms with Gasteiger partial charge in [-0.15, -0.1) is 0 Å². The summed E-state index contributed by atoms with van der Waals surface area (Å²) in [5.41, 5.74) is 1.42. The number of hydrogen-bond donors (Lipinski definition) is 1. The van der Waals surface area contributed by atoms with Crippen LogP contribution < -0.4 is 5.32 Å². The number of hydrogen-bond acceptors (Lipinski definition) is 4. The molecule has 0 spiro atoms. The van der Waals surface area contributed by atoms with E-state index in [9.17, 15) is 17.6 Å². The zero-order chi connectivity index (χ0) is 20.9. The first kappa shape index (κ1) is 22.0. The van der Waals surface area contributed by atoms with E-state index in [4.69, 9.17) is 0 Å². The van der Waals surface area contributed by atoms with Gasteiger partial charge >= 0.3 is 0 Å². The smallest absolute Gasteiger partial charge is 0.243 e. The molecule has 2 aromatic carbocycles. The minimum Gasteiger partial charge on any atom is -0.325 e. The van der Waals surface area contributed by atoms with Crippen molar-refractivity contribution in [3.63, 3.8) is 0 Å². The summed E-state index contributed by atoms with van der Waals surface area (Å²) >= 11 is 0. The van der Waals surface area contributed by atoms with Gasteiger partial charge in [0.15, 0.2) is 0 Å². The van der Waals surface area contributed by atoms with Gasteiger partial charge in [-0.25, -0.2) is 12.8 Å². The van der Waals surface area contributed by atoms with Crippen molar-refractivity contribution in [2.24, 2.45) is 0 Å². The molecule has 2 aromatic rings. The molecule has 0 fully saturated rings. The predicted molar refractivity (Wildman–Crippen MR) is 108 cm³/mol. The molecule has 152 valence electrons. The van der Waals surface area contributed by atoms with Crippen molar-refractivity contribution in [3.05, 3.63) is 59.9 Å². The third-order valence-electron chi connectivity index (χ3n) is 4.32. The van der Waals surface area contributed by atoms with Crippen molar-refractivity contribution in [1.82, 2.24) is 9.21 Å². The van der Waals surface area contributed by atoms with E-state index >= 15 is 0 Å². The summed E-state index contributed by atoms with van der Waals surface area (Å²) in [6.07, 6.45) is 0. The van der Waals surface area contributed by atoms with Crippen molar-refractivity contribution in [3.8, 4) is 0 Å². The van der Waals surface area contributed by atoms with Crippen LogP contribution in [0.1, 0.15) is 19.4 Å². The molecule has 0 aromatic heterocycles. The molecule has 6 nitrogen and oxygen atoms in total. The predicted octanol–water partition coefficient (Wildman–Crippen LogP) is 2.93. The summed E-state index contributed by atoms with van der Waals surface area (Å²) in [7, 11) is -0.228. The molecule has 0 bridgehead atoms. The van der Waals surface area contributed by atoms with Crippen molar-refractivity contribution in [1.29, 1.82) is 0 Å². The monoisotopic (exact) mass is 407 g/mol. The van der Waals surface area contributed by atoms with Crippen molar-refractivity contribution in [2.45, 2.75) is 31.3 Å². The van der Waals surface area contributed by atoms with Gasteiger partial charge in [0.05, 0.1) is 11.4 Å².